The number of alkyl halides is 2. The van der Waals surface area contributed by atoms with Gasteiger partial charge in [0.25, 0.3) is 0 Å². The van der Waals surface area contributed by atoms with Crippen molar-refractivity contribution in [1.29, 1.82) is 0 Å². The van der Waals surface area contributed by atoms with E-state index in [1.807, 2.05) is 6.92 Å². The van der Waals surface area contributed by atoms with Gasteiger partial charge in [0.1, 0.15) is 0 Å². The van der Waals surface area contributed by atoms with E-state index in [9.17, 15) is 8.78 Å². The van der Waals surface area contributed by atoms with Gasteiger partial charge in [0.2, 0.25) is 5.92 Å². The van der Waals surface area contributed by atoms with Gasteiger partial charge < -0.3 is 5.73 Å². The first kappa shape index (κ1) is 10.4. The highest BCUT2D eigenvalue weighted by Gasteiger charge is 2.39. The summed E-state index contributed by atoms with van der Waals surface area (Å²) in [5, 5.41) is 4.17. The summed E-state index contributed by atoms with van der Waals surface area (Å²) in [4.78, 5) is 0. The largest absolute Gasteiger partial charge is 0.396 e. The van der Waals surface area contributed by atoms with Crippen LogP contribution in [0.4, 0.5) is 14.5 Å². The van der Waals surface area contributed by atoms with Crippen LogP contribution < -0.4 is 5.73 Å². The van der Waals surface area contributed by atoms with Crippen LogP contribution in [0, 0.1) is 12.8 Å². The van der Waals surface area contributed by atoms with Crippen LogP contribution in [-0.2, 0) is 6.54 Å². The van der Waals surface area contributed by atoms with Gasteiger partial charge in [-0.15, -0.1) is 0 Å². The second kappa shape index (κ2) is 3.47. The Balaban J connectivity index is 1.98. The normalized spacial score (nSPS) is 24.6. The maximum Gasteiger partial charge on any atom is 0.248 e. The van der Waals surface area contributed by atoms with Crippen molar-refractivity contribution < 1.29 is 8.78 Å². The van der Waals surface area contributed by atoms with E-state index < -0.39 is 5.92 Å². The fourth-order valence-corrected chi connectivity index (χ4v) is 2.09. The lowest BCUT2D eigenvalue weighted by Crippen LogP contribution is -2.13. The van der Waals surface area contributed by atoms with Gasteiger partial charge in [0.15, 0.2) is 0 Å². The highest BCUT2D eigenvalue weighted by atomic mass is 19.3. The van der Waals surface area contributed by atoms with Crippen molar-refractivity contribution >= 4 is 5.69 Å². The molecule has 1 aliphatic rings. The van der Waals surface area contributed by atoms with E-state index in [0.29, 0.717) is 18.7 Å². The zero-order chi connectivity index (χ0) is 11.1. The number of aryl methyl sites for hydroxylation is 1. The average Bonchev–Trinajstić information content (AvgIpc) is 2.58. The fourth-order valence-electron chi connectivity index (χ4n) is 2.09. The van der Waals surface area contributed by atoms with Gasteiger partial charge >= 0.3 is 0 Å². The minimum Gasteiger partial charge on any atom is -0.396 e. The maximum atomic E-state index is 12.9. The van der Waals surface area contributed by atoms with E-state index in [4.69, 9.17) is 5.73 Å². The van der Waals surface area contributed by atoms with Gasteiger partial charge in [-0.05, 0) is 19.3 Å². The zero-order valence-electron chi connectivity index (χ0n) is 8.71. The van der Waals surface area contributed by atoms with Crippen molar-refractivity contribution in [2.75, 3.05) is 5.73 Å². The first-order valence-corrected chi connectivity index (χ1v) is 5.14. The minimum absolute atomic E-state index is 0.00734. The fraction of sp³-hybridized carbons (Fsp3) is 0.700. The molecule has 15 heavy (non-hydrogen) atoms. The molecule has 0 saturated heterocycles. The predicted molar refractivity (Wildman–Crippen MR) is 53.7 cm³/mol. The Kier molecular flexibility index (Phi) is 2.40. The summed E-state index contributed by atoms with van der Waals surface area (Å²) >= 11 is 0. The van der Waals surface area contributed by atoms with E-state index in [1.165, 1.54) is 0 Å². The first-order chi connectivity index (χ1) is 6.96. The molecule has 3 nitrogen and oxygen atoms in total. The molecule has 0 aliphatic heterocycles. The monoisotopic (exact) mass is 215 g/mol. The third kappa shape index (κ3) is 2.27. The standard InChI is InChI=1S/C10H15F2N3/c1-7-9(13)6-15(14-7)5-8-2-3-10(11,12)4-8/h6,8H,2-5,13H2,1H3. The molecule has 84 valence electrons. The van der Waals surface area contributed by atoms with E-state index >= 15 is 0 Å². The number of halogens is 2. The predicted octanol–water partition coefficient (Wildman–Crippen LogP) is 2.21. The number of hydrogen-bond acceptors (Lipinski definition) is 2. The summed E-state index contributed by atoms with van der Waals surface area (Å²) in [6.45, 7) is 2.36. The molecule has 2 N–H and O–H groups in total. The van der Waals surface area contributed by atoms with Gasteiger partial charge in [-0.2, -0.15) is 5.10 Å². The molecule has 1 fully saturated rings. The van der Waals surface area contributed by atoms with Crippen LogP contribution in [0.2, 0.25) is 0 Å². The summed E-state index contributed by atoms with van der Waals surface area (Å²) in [6, 6.07) is 0. The number of rotatable bonds is 2. The maximum absolute atomic E-state index is 12.9. The lowest BCUT2D eigenvalue weighted by atomic mass is 10.1. The molecule has 0 bridgehead atoms. The van der Waals surface area contributed by atoms with Crippen LogP contribution in [0.1, 0.15) is 25.0 Å². The Bertz CT molecular complexity index is 340. The molecule has 0 radical (unpaired) electrons. The van der Waals surface area contributed by atoms with Crippen molar-refractivity contribution in [3.05, 3.63) is 11.9 Å². The molecule has 1 aromatic rings. The smallest absolute Gasteiger partial charge is 0.248 e. The molecule has 0 aromatic carbocycles. The molecule has 1 atom stereocenters. The quantitative estimate of drug-likeness (QED) is 0.822. The van der Waals surface area contributed by atoms with Crippen LogP contribution >= 0.6 is 0 Å². The molecule has 1 heterocycles. The lowest BCUT2D eigenvalue weighted by molar-refractivity contribution is 0.00423. The number of aromatic nitrogens is 2. The van der Waals surface area contributed by atoms with Gasteiger partial charge in [0.05, 0.1) is 11.4 Å². The Morgan fingerprint density at radius 1 is 1.67 bits per heavy atom. The lowest BCUT2D eigenvalue weighted by Gasteiger charge is -2.10. The molecule has 0 spiro atoms. The summed E-state index contributed by atoms with van der Waals surface area (Å²) in [5.74, 6) is -2.45. The van der Waals surface area contributed by atoms with E-state index in [-0.39, 0.29) is 18.8 Å². The number of nitrogen functional groups attached to an aromatic ring is 1. The number of hydrogen-bond donors (Lipinski definition) is 1. The van der Waals surface area contributed by atoms with Crippen molar-refractivity contribution in [3.8, 4) is 0 Å². The van der Waals surface area contributed by atoms with Crippen molar-refractivity contribution in [3.63, 3.8) is 0 Å². The highest BCUT2D eigenvalue weighted by molar-refractivity contribution is 5.39. The number of nitrogens with zero attached hydrogens (tertiary/aromatic N) is 2. The Morgan fingerprint density at radius 3 is 2.87 bits per heavy atom. The van der Waals surface area contributed by atoms with Gasteiger partial charge in [-0.3, -0.25) is 4.68 Å². The third-order valence-corrected chi connectivity index (χ3v) is 2.94. The molecule has 2 rings (SSSR count). The molecular formula is C10H15F2N3. The van der Waals surface area contributed by atoms with Gasteiger partial charge in [-0.1, -0.05) is 0 Å². The molecule has 0 amide bonds. The van der Waals surface area contributed by atoms with Crippen LogP contribution in [0.15, 0.2) is 6.20 Å². The second-order valence-corrected chi connectivity index (χ2v) is 4.36. The summed E-state index contributed by atoms with van der Waals surface area (Å²) < 4.78 is 27.5. The van der Waals surface area contributed by atoms with Crippen molar-refractivity contribution in [2.24, 2.45) is 5.92 Å². The van der Waals surface area contributed by atoms with Crippen LogP contribution in [-0.4, -0.2) is 15.7 Å². The molecule has 1 unspecified atom stereocenters. The minimum atomic E-state index is -2.47. The van der Waals surface area contributed by atoms with Crippen LogP contribution in [0.3, 0.4) is 0 Å². The van der Waals surface area contributed by atoms with Crippen LogP contribution in [0.5, 0.6) is 0 Å². The summed E-state index contributed by atoms with van der Waals surface area (Å²) in [6.07, 6.45) is 2.27. The van der Waals surface area contributed by atoms with Gasteiger partial charge in [-0.25, -0.2) is 8.78 Å². The van der Waals surface area contributed by atoms with E-state index in [1.54, 1.807) is 10.9 Å². The number of nitrogens with two attached hydrogens (primary N) is 1. The van der Waals surface area contributed by atoms with E-state index in [0.717, 1.165) is 5.69 Å². The number of anilines is 1. The second-order valence-electron chi connectivity index (χ2n) is 4.36. The molecule has 1 saturated carbocycles. The van der Waals surface area contributed by atoms with E-state index in [2.05, 4.69) is 5.10 Å². The highest BCUT2D eigenvalue weighted by Crippen LogP contribution is 2.39. The summed E-state index contributed by atoms with van der Waals surface area (Å²) in [5.41, 5.74) is 7.03. The average molecular weight is 215 g/mol. The van der Waals surface area contributed by atoms with Gasteiger partial charge in [0, 0.05) is 25.6 Å². The molecule has 1 aliphatic carbocycles. The Morgan fingerprint density at radius 2 is 2.40 bits per heavy atom. The first-order valence-electron chi connectivity index (χ1n) is 5.14. The Labute approximate surface area is 87.3 Å². The molecule has 5 heteroatoms. The van der Waals surface area contributed by atoms with Crippen molar-refractivity contribution in [1.82, 2.24) is 9.78 Å². The van der Waals surface area contributed by atoms with Crippen LogP contribution in [0.25, 0.3) is 0 Å². The Hall–Kier alpha value is -1.13. The van der Waals surface area contributed by atoms with Crippen molar-refractivity contribution in [2.45, 2.75) is 38.7 Å². The molecule has 1 aromatic heterocycles. The zero-order valence-corrected chi connectivity index (χ0v) is 8.71. The third-order valence-electron chi connectivity index (χ3n) is 2.94. The summed E-state index contributed by atoms with van der Waals surface area (Å²) in [7, 11) is 0. The SMILES string of the molecule is Cc1nn(CC2CCC(F)(F)C2)cc1N. The topological polar surface area (TPSA) is 43.8 Å². The molecular weight excluding hydrogens is 200 g/mol.